The SMILES string of the molecule is C=C(NC(=O)c1nc2c(C)cc(N3CC[C@](C)(c4ccccc4)C3)cn2n1)[C@@H]1CCCN1c1cccc(C(=O)O)n1. The fourth-order valence-electron chi connectivity index (χ4n) is 6.05. The number of carbonyl (C=O) groups excluding carboxylic acids is 1. The van der Waals surface area contributed by atoms with Gasteiger partial charge < -0.3 is 20.2 Å². The first kappa shape index (κ1) is 26.5. The predicted molar refractivity (Wildman–Crippen MR) is 157 cm³/mol. The molecule has 210 valence electrons. The van der Waals surface area contributed by atoms with Gasteiger partial charge >= 0.3 is 5.97 Å². The molecule has 0 unspecified atom stereocenters. The van der Waals surface area contributed by atoms with E-state index in [4.69, 9.17) is 0 Å². The molecule has 0 radical (unpaired) electrons. The van der Waals surface area contributed by atoms with Crippen molar-refractivity contribution in [3.05, 3.63) is 95.7 Å². The number of rotatable bonds is 7. The van der Waals surface area contributed by atoms with Crippen LogP contribution in [-0.4, -0.2) is 62.2 Å². The second-order valence-electron chi connectivity index (χ2n) is 11.2. The highest BCUT2D eigenvalue weighted by atomic mass is 16.4. The lowest BCUT2D eigenvalue weighted by Crippen LogP contribution is -2.38. The number of nitrogens with zero attached hydrogens (tertiary/aromatic N) is 6. The summed E-state index contributed by atoms with van der Waals surface area (Å²) < 4.78 is 1.68. The topological polar surface area (TPSA) is 116 Å². The van der Waals surface area contributed by atoms with Gasteiger partial charge in [0.25, 0.3) is 5.91 Å². The number of aryl methyl sites for hydroxylation is 1. The normalized spacial score (nSPS) is 20.5. The number of carboxylic acid groups (broad SMARTS) is 1. The van der Waals surface area contributed by atoms with Crippen LogP contribution in [0, 0.1) is 6.92 Å². The summed E-state index contributed by atoms with van der Waals surface area (Å²) in [6, 6.07) is 17.4. The Labute approximate surface area is 238 Å². The van der Waals surface area contributed by atoms with Crippen LogP contribution < -0.4 is 15.1 Å². The highest BCUT2D eigenvalue weighted by Crippen LogP contribution is 2.36. The minimum absolute atomic E-state index is 0.0231. The molecule has 0 spiro atoms. The average Bonchev–Trinajstić information content (AvgIpc) is 3.72. The van der Waals surface area contributed by atoms with Crippen LogP contribution in [0.1, 0.15) is 58.4 Å². The summed E-state index contributed by atoms with van der Waals surface area (Å²) in [7, 11) is 0. The Morgan fingerprint density at radius 3 is 2.68 bits per heavy atom. The number of carbonyl (C=O) groups is 2. The van der Waals surface area contributed by atoms with E-state index >= 15 is 0 Å². The quantitative estimate of drug-likeness (QED) is 0.351. The van der Waals surface area contributed by atoms with Gasteiger partial charge in [-0.15, -0.1) is 5.10 Å². The van der Waals surface area contributed by atoms with Crippen LogP contribution in [-0.2, 0) is 5.41 Å². The third kappa shape index (κ3) is 5.01. The van der Waals surface area contributed by atoms with Crippen molar-refractivity contribution in [2.24, 2.45) is 0 Å². The molecular formula is C31H33N7O3. The van der Waals surface area contributed by atoms with Gasteiger partial charge in [0.05, 0.1) is 17.9 Å². The van der Waals surface area contributed by atoms with Crippen LogP contribution >= 0.6 is 0 Å². The van der Waals surface area contributed by atoms with Crippen LogP contribution in [0.3, 0.4) is 0 Å². The van der Waals surface area contributed by atoms with Crippen molar-refractivity contribution in [2.75, 3.05) is 29.4 Å². The summed E-state index contributed by atoms with van der Waals surface area (Å²) in [6.07, 6.45) is 4.62. The van der Waals surface area contributed by atoms with E-state index in [9.17, 15) is 14.7 Å². The number of hydrogen-bond acceptors (Lipinski definition) is 7. The number of aromatic carboxylic acids is 1. The van der Waals surface area contributed by atoms with E-state index in [-0.39, 0.29) is 23.0 Å². The van der Waals surface area contributed by atoms with Gasteiger partial charge in [-0.2, -0.15) is 0 Å². The molecule has 0 saturated carbocycles. The van der Waals surface area contributed by atoms with Crippen LogP contribution in [0.15, 0.2) is 73.1 Å². The molecule has 2 aliphatic heterocycles. The van der Waals surface area contributed by atoms with E-state index in [0.29, 0.717) is 23.7 Å². The minimum Gasteiger partial charge on any atom is -0.477 e. The highest BCUT2D eigenvalue weighted by molar-refractivity contribution is 5.92. The van der Waals surface area contributed by atoms with Gasteiger partial charge in [-0.25, -0.2) is 19.3 Å². The summed E-state index contributed by atoms with van der Waals surface area (Å²) in [5.41, 5.74) is 4.50. The van der Waals surface area contributed by atoms with Gasteiger partial charge in [-0.05, 0) is 55.5 Å². The lowest BCUT2D eigenvalue weighted by molar-refractivity contribution is 0.0690. The van der Waals surface area contributed by atoms with Crippen LogP contribution in [0.2, 0.25) is 0 Å². The summed E-state index contributed by atoms with van der Waals surface area (Å²) in [5, 5.41) is 16.7. The number of aromatic nitrogens is 4. The monoisotopic (exact) mass is 551 g/mol. The molecule has 2 fully saturated rings. The van der Waals surface area contributed by atoms with Crippen molar-refractivity contribution >= 4 is 29.0 Å². The fourth-order valence-corrected chi connectivity index (χ4v) is 6.05. The van der Waals surface area contributed by atoms with Crippen molar-refractivity contribution in [3.8, 4) is 0 Å². The lowest BCUT2D eigenvalue weighted by atomic mass is 9.82. The van der Waals surface area contributed by atoms with Crippen LogP contribution in [0.4, 0.5) is 11.5 Å². The number of amides is 1. The molecule has 2 aliphatic rings. The highest BCUT2D eigenvalue weighted by Gasteiger charge is 2.36. The molecule has 2 saturated heterocycles. The second kappa shape index (κ2) is 10.3. The Kier molecular flexibility index (Phi) is 6.69. The number of hydrogen-bond donors (Lipinski definition) is 2. The predicted octanol–water partition coefficient (Wildman–Crippen LogP) is 4.21. The van der Waals surface area contributed by atoms with Gasteiger partial charge in [0.15, 0.2) is 11.3 Å². The number of nitrogens with one attached hydrogen (secondary N) is 1. The summed E-state index contributed by atoms with van der Waals surface area (Å²) >= 11 is 0. The number of fused-ring (bicyclic) bond motifs is 1. The Morgan fingerprint density at radius 1 is 1.10 bits per heavy atom. The largest absolute Gasteiger partial charge is 0.477 e. The smallest absolute Gasteiger partial charge is 0.354 e. The maximum absolute atomic E-state index is 13.2. The molecule has 41 heavy (non-hydrogen) atoms. The number of carboxylic acids is 1. The zero-order valence-electron chi connectivity index (χ0n) is 23.2. The fraction of sp³-hybridized carbons (Fsp3) is 0.323. The zero-order valence-corrected chi connectivity index (χ0v) is 23.2. The molecular weight excluding hydrogens is 518 g/mol. The maximum Gasteiger partial charge on any atom is 0.354 e. The molecule has 1 aromatic carbocycles. The van der Waals surface area contributed by atoms with E-state index in [1.165, 1.54) is 11.6 Å². The summed E-state index contributed by atoms with van der Waals surface area (Å²) in [4.78, 5) is 37.8. The number of anilines is 2. The number of benzene rings is 1. The molecule has 0 bridgehead atoms. The first-order chi connectivity index (χ1) is 19.7. The Morgan fingerprint density at radius 2 is 1.90 bits per heavy atom. The Hall–Kier alpha value is -4.73. The molecule has 0 aliphatic carbocycles. The van der Waals surface area contributed by atoms with Crippen molar-refractivity contribution in [2.45, 2.75) is 44.6 Å². The van der Waals surface area contributed by atoms with Crippen molar-refractivity contribution in [1.29, 1.82) is 0 Å². The summed E-state index contributed by atoms with van der Waals surface area (Å²) in [6.45, 7) is 10.9. The van der Waals surface area contributed by atoms with Gasteiger partial charge in [0, 0.05) is 30.7 Å². The Balaban J connectivity index is 1.18. The second-order valence-corrected chi connectivity index (χ2v) is 11.2. The van der Waals surface area contributed by atoms with Gasteiger partial charge in [-0.1, -0.05) is 49.9 Å². The van der Waals surface area contributed by atoms with Crippen LogP contribution in [0.25, 0.3) is 5.65 Å². The van der Waals surface area contributed by atoms with Crippen molar-refractivity contribution < 1.29 is 14.7 Å². The van der Waals surface area contributed by atoms with Crippen molar-refractivity contribution in [1.82, 2.24) is 24.9 Å². The number of pyridine rings is 2. The first-order valence-electron chi connectivity index (χ1n) is 13.9. The minimum atomic E-state index is -1.08. The molecule has 3 aromatic heterocycles. The molecule has 10 nitrogen and oxygen atoms in total. The third-order valence-corrected chi connectivity index (χ3v) is 8.29. The summed E-state index contributed by atoms with van der Waals surface area (Å²) in [5.74, 6) is -0.905. The molecule has 5 heterocycles. The molecule has 2 atom stereocenters. The first-order valence-corrected chi connectivity index (χ1v) is 13.9. The van der Waals surface area contributed by atoms with Crippen LogP contribution in [0.5, 0.6) is 0 Å². The Bertz CT molecular complexity index is 1650. The third-order valence-electron chi connectivity index (χ3n) is 8.29. The molecule has 10 heteroatoms. The molecule has 4 aromatic rings. The standard InChI is InChI=1S/C31H33N7O3/c1-20-17-23(36-16-14-31(3,19-36)22-9-5-4-6-10-22)18-38-28(20)34-27(35-38)29(39)32-21(2)25-12-8-15-37(25)26-13-7-11-24(33-26)30(40)41/h4-7,9-11,13,17-18,25H,2,8,12,14-16,19H2,1,3H3,(H,32,39)(H,40,41)/t25-,31-/m0/s1. The zero-order chi connectivity index (χ0) is 28.7. The van der Waals surface area contributed by atoms with E-state index < -0.39 is 11.9 Å². The molecule has 1 amide bonds. The van der Waals surface area contributed by atoms with Gasteiger partial charge in [-0.3, -0.25) is 4.79 Å². The maximum atomic E-state index is 13.2. The van der Waals surface area contributed by atoms with Gasteiger partial charge in [0.1, 0.15) is 5.82 Å². The lowest BCUT2D eigenvalue weighted by Gasteiger charge is -2.27. The average molecular weight is 552 g/mol. The van der Waals surface area contributed by atoms with E-state index in [2.05, 4.69) is 69.1 Å². The van der Waals surface area contributed by atoms with E-state index in [1.807, 2.05) is 24.1 Å². The molecule has 6 rings (SSSR count). The van der Waals surface area contributed by atoms with E-state index in [0.717, 1.165) is 43.6 Å². The molecule has 2 N–H and O–H groups in total. The van der Waals surface area contributed by atoms with Crippen molar-refractivity contribution in [3.63, 3.8) is 0 Å². The van der Waals surface area contributed by atoms with Gasteiger partial charge in [0.2, 0.25) is 5.82 Å². The van der Waals surface area contributed by atoms with E-state index in [1.54, 1.807) is 16.6 Å².